The first-order valence-electron chi connectivity index (χ1n) is 9.03. The van der Waals surface area contributed by atoms with Gasteiger partial charge < -0.3 is 20.1 Å². The number of aryl methyl sites for hydroxylation is 3. The van der Waals surface area contributed by atoms with E-state index in [4.69, 9.17) is 21.7 Å². The van der Waals surface area contributed by atoms with Crippen LogP contribution >= 0.6 is 12.2 Å². The molecule has 0 bridgehead atoms. The number of hydrogen-bond acceptors (Lipinski definition) is 5. The van der Waals surface area contributed by atoms with E-state index in [1.165, 1.54) is 7.11 Å². The van der Waals surface area contributed by atoms with Crippen LogP contribution in [0.1, 0.15) is 22.3 Å². The number of ether oxygens (including phenoxy) is 2. The number of hydrogen-bond donors (Lipinski definition) is 3. The zero-order chi connectivity index (χ0) is 21.4. The summed E-state index contributed by atoms with van der Waals surface area (Å²) in [7, 11) is 3.24. The van der Waals surface area contributed by atoms with Gasteiger partial charge in [0, 0.05) is 12.7 Å². The van der Waals surface area contributed by atoms with Gasteiger partial charge in [-0.25, -0.2) is 0 Å². The Kier molecular flexibility index (Phi) is 7.97. The van der Waals surface area contributed by atoms with Crippen LogP contribution in [-0.2, 0) is 4.79 Å². The van der Waals surface area contributed by atoms with Gasteiger partial charge >= 0.3 is 0 Å². The van der Waals surface area contributed by atoms with E-state index >= 15 is 0 Å². The lowest BCUT2D eigenvalue weighted by atomic mass is 10.1. The molecule has 0 aliphatic rings. The largest absolute Gasteiger partial charge is 0.493 e. The molecule has 2 rings (SSSR count). The summed E-state index contributed by atoms with van der Waals surface area (Å²) >= 11 is 4.95. The molecule has 154 valence electrons. The SMILES string of the molecule is CNC(=S)NN=Cc1ccc(OCC(=O)Nc2c(C)cc(C)cc2C)c(OC)c1. The second-order valence-electron chi connectivity index (χ2n) is 6.47. The molecule has 8 heteroatoms. The molecule has 0 fully saturated rings. The van der Waals surface area contributed by atoms with E-state index in [-0.39, 0.29) is 12.5 Å². The number of hydrazone groups is 1. The molecule has 0 spiro atoms. The molecule has 3 N–H and O–H groups in total. The maximum atomic E-state index is 12.4. The number of anilines is 1. The number of nitrogens with zero attached hydrogens (tertiary/aromatic N) is 1. The van der Waals surface area contributed by atoms with E-state index in [0.717, 1.165) is 27.9 Å². The fourth-order valence-corrected chi connectivity index (χ4v) is 2.85. The topological polar surface area (TPSA) is 84.0 Å². The van der Waals surface area contributed by atoms with E-state index in [9.17, 15) is 4.79 Å². The van der Waals surface area contributed by atoms with Gasteiger partial charge in [0.25, 0.3) is 5.91 Å². The van der Waals surface area contributed by atoms with Gasteiger partial charge in [0.1, 0.15) is 0 Å². The Labute approximate surface area is 176 Å². The molecule has 0 unspecified atom stereocenters. The average molecular weight is 415 g/mol. The average Bonchev–Trinajstić information content (AvgIpc) is 2.69. The Balaban J connectivity index is 2.01. The summed E-state index contributed by atoms with van der Waals surface area (Å²) in [6.45, 7) is 5.84. The predicted octanol–water partition coefficient (Wildman–Crippen LogP) is 3.07. The van der Waals surface area contributed by atoms with Crippen molar-refractivity contribution >= 4 is 35.1 Å². The summed E-state index contributed by atoms with van der Waals surface area (Å²) < 4.78 is 11.0. The fourth-order valence-electron chi connectivity index (χ4n) is 2.80. The van der Waals surface area contributed by atoms with Gasteiger partial charge in [-0.1, -0.05) is 17.7 Å². The molecule has 0 heterocycles. The second-order valence-corrected chi connectivity index (χ2v) is 6.88. The van der Waals surface area contributed by atoms with Crippen LogP contribution in [0, 0.1) is 20.8 Å². The highest BCUT2D eigenvalue weighted by Gasteiger charge is 2.11. The minimum atomic E-state index is -0.238. The van der Waals surface area contributed by atoms with Crippen molar-refractivity contribution in [2.75, 3.05) is 26.1 Å². The van der Waals surface area contributed by atoms with Crippen LogP contribution in [0.5, 0.6) is 11.5 Å². The lowest BCUT2D eigenvalue weighted by molar-refractivity contribution is -0.118. The third kappa shape index (κ3) is 6.46. The van der Waals surface area contributed by atoms with Crippen LogP contribution in [-0.4, -0.2) is 38.0 Å². The molecule has 29 heavy (non-hydrogen) atoms. The Bertz CT molecular complexity index is 905. The van der Waals surface area contributed by atoms with Crippen molar-refractivity contribution < 1.29 is 14.3 Å². The first-order valence-corrected chi connectivity index (χ1v) is 9.44. The molecule has 2 aromatic carbocycles. The quantitative estimate of drug-likeness (QED) is 0.367. The molecular weight excluding hydrogens is 388 g/mol. The molecule has 0 aromatic heterocycles. The Morgan fingerprint density at radius 1 is 1.14 bits per heavy atom. The van der Waals surface area contributed by atoms with E-state index in [1.807, 2.05) is 32.9 Å². The molecule has 0 aliphatic carbocycles. The standard InChI is InChI=1S/C21H26N4O3S/c1-13-8-14(2)20(15(3)9-13)24-19(26)12-28-17-7-6-16(10-18(17)27-5)11-23-25-21(29)22-4/h6-11H,12H2,1-5H3,(H,24,26)(H2,22,25,29). The summed E-state index contributed by atoms with van der Waals surface area (Å²) in [4.78, 5) is 12.4. The zero-order valence-electron chi connectivity index (χ0n) is 17.3. The number of amides is 1. The number of thiocarbonyl (C=S) groups is 1. The van der Waals surface area contributed by atoms with Crippen LogP contribution in [0.25, 0.3) is 0 Å². The Morgan fingerprint density at radius 2 is 1.83 bits per heavy atom. The van der Waals surface area contributed by atoms with Gasteiger partial charge in [-0.15, -0.1) is 0 Å². The molecule has 1 amide bonds. The highest BCUT2D eigenvalue weighted by molar-refractivity contribution is 7.80. The number of carbonyl (C=O) groups excluding carboxylic acids is 1. The zero-order valence-corrected chi connectivity index (χ0v) is 18.1. The van der Waals surface area contributed by atoms with Crippen LogP contribution < -0.4 is 25.5 Å². The Hall–Kier alpha value is -3.13. The normalized spacial score (nSPS) is 10.5. The smallest absolute Gasteiger partial charge is 0.262 e. The summed E-state index contributed by atoms with van der Waals surface area (Å²) in [5.41, 5.74) is 7.47. The van der Waals surface area contributed by atoms with Crippen molar-refractivity contribution in [3.05, 3.63) is 52.6 Å². The van der Waals surface area contributed by atoms with Gasteiger partial charge in [-0.2, -0.15) is 5.10 Å². The van der Waals surface area contributed by atoms with Crippen LogP contribution in [0.4, 0.5) is 5.69 Å². The molecule has 0 aliphatic heterocycles. The summed E-state index contributed by atoms with van der Waals surface area (Å²) in [5.74, 6) is 0.731. The molecule has 2 aromatic rings. The van der Waals surface area contributed by atoms with Crippen LogP contribution in [0.3, 0.4) is 0 Å². The van der Waals surface area contributed by atoms with Crippen LogP contribution in [0.2, 0.25) is 0 Å². The molecule has 0 radical (unpaired) electrons. The van der Waals surface area contributed by atoms with E-state index in [2.05, 4.69) is 21.2 Å². The van der Waals surface area contributed by atoms with Crippen molar-refractivity contribution in [1.29, 1.82) is 0 Å². The molecule has 7 nitrogen and oxygen atoms in total. The maximum absolute atomic E-state index is 12.4. The highest BCUT2D eigenvalue weighted by Crippen LogP contribution is 2.28. The van der Waals surface area contributed by atoms with Crippen molar-refractivity contribution in [3.63, 3.8) is 0 Å². The number of nitrogens with one attached hydrogen (secondary N) is 3. The van der Waals surface area contributed by atoms with Gasteiger partial charge in [0.05, 0.1) is 13.3 Å². The summed E-state index contributed by atoms with van der Waals surface area (Å²) in [6, 6.07) is 9.36. The third-order valence-corrected chi connectivity index (χ3v) is 4.39. The van der Waals surface area contributed by atoms with Gasteiger partial charge in [0.2, 0.25) is 0 Å². The first kappa shape index (κ1) is 22.2. The number of methoxy groups -OCH3 is 1. The molecule has 0 atom stereocenters. The maximum Gasteiger partial charge on any atom is 0.262 e. The van der Waals surface area contributed by atoms with Crippen molar-refractivity contribution in [3.8, 4) is 11.5 Å². The highest BCUT2D eigenvalue weighted by atomic mass is 32.1. The summed E-state index contributed by atoms with van der Waals surface area (Å²) in [5, 5.41) is 10.1. The lowest BCUT2D eigenvalue weighted by Gasteiger charge is -2.14. The summed E-state index contributed by atoms with van der Waals surface area (Å²) in [6.07, 6.45) is 1.60. The number of benzene rings is 2. The van der Waals surface area contributed by atoms with Crippen molar-refractivity contribution in [2.45, 2.75) is 20.8 Å². The third-order valence-electron chi connectivity index (χ3n) is 4.09. The lowest BCUT2D eigenvalue weighted by Crippen LogP contribution is -2.28. The number of carbonyl (C=O) groups is 1. The minimum Gasteiger partial charge on any atom is -0.493 e. The monoisotopic (exact) mass is 414 g/mol. The fraction of sp³-hybridized carbons (Fsp3) is 0.286. The van der Waals surface area contributed by atoms with Gasteiger partial charge in [0.15, 0.2) is 23.2 Å². The molecular formula is C21H26N4O3S. The number of rotatable bonds is 7. The predicted molar refractivity (Wildman–Crippen MR) is 120 cm³/mol. The van der Waals surface area contributed by atoms with E-state index in [0.29, 0.717) is 16.6 Å². The van der Waals surface area contributed by atoms with Gasteiger partial charge in [-0.05, 0) is 67.9 Å². The van der Waals surface area contributed by atoms with E-state index in [1.54, 1.807) is 31.5 Å². The molecule has 0 saturated heterocycles. The van der Waals surface area contributed by atoms with Crippen molar-refractivity contribution in [1.82, 2.24) is 10.7 Å². The first-order chi connectivity index (χ1) is 13.8. The van der Waals surface area contributed by atoms with Crippen LogP contribution in [0.15, 0.2) is 35.4 Å². The van der Waals surface area contributed by atoms with Crippen molar-refractivity contribution in [2.24, 2.45) is 5.10 Å². The Morgan fingerprint density at radius 3 is 2.45 bits per heavy atom. The second kappa shape index (κ2) is 10.4. The minimum absolute atomic E-state index is 0.130. The van der Waals surface area contributed by atoms with Gasteiger partial charge in [-0.3, -0.25) is 10.2 Å². The van der Waals surface area contributed by atoms with E-state index < -0.39 is 0 Å². The molecule has 0 saturated carbocycles.